The highest BCUT2D eigenvalue weighted by molar-refractivity contribution is 5.99. The van der Waals surface area contributed by atoms with Crippen LogP contribution >= 0.6 is 0 Å². The number of fused-ring (bicyclic) bond motifs is 1. The normalized spacial score (nSPS) is 14.7. The summed E-state index contributed by atoms with van der Waals surface area (Å²) in [6, 6.07) is 16.6. The van der Waals surface area contributed by atoms with E-state index >= 15 is 0 Å². The van der Waals surface area contributed by atoms with E-state index in [1.807, 2.05) is 37.3 Å². The molecule has 0 aliphatic heterocycles. The highest BCUT2D eigenvalue weighted by Gasteiger charge is 2.66. The first-order chi connectivity index (χ1) is 22.3. The van der Waals surface area contributed by atoms with Crippen molar-refractivity contribution in [2.75, 3.05) is 17.2 Å². The van der Waals surface area contributed by atoms with Crippen molar-refractivity contribution in [2.24, 2.45) is 5.41 Å². The van der Waals surface area contributed by atoms with Gasteiger partial charge >= 0.3 is 6.18 Å². The van der Waals surface area contributed by atoms with Crippen LogP contribution in [0.2, 0.25) is 0 Å². The molecule has 0 spiro atoms. The highest BCUT2D eigenvalue weighted by atomic mass is 19.4. The Balaban J connectivity index is 1.51. The van der Waals surface area contributed by atoms with Gasteiger partial charge in [0, 0.05) is 36.2 Å². The molecule has 2 N–H and O–H groups in total. The van der Waals surface area contributed by atoms with Gasteiger partial charge in [0.2, 0.25) is 0 Å². The van der Waals surface area contributed by atoms with Crippen LogP contribution in [0.15, 0.2) is 67.3 Å². The highest BCUT2D eigenvalue weighted by Crippen LogP contribution is 2.55. The van der Waals surface area contributed by atoms with Gasteiger partial charge in [-0.05, 0) is 71.7 Å². The molecule has 0 amide bonds. The minimum absolute atomic E-state index is 0.0667. The van der Waals surface area contributed by atoms with Gasteiger partial charge < -0.3 is 10.6 Å². The third-order valence-electron chi connectivity index (χ3n) is 8.49. The second kappa shape index (κ2) is 11.7. The van der Waals surface area contributed by atoms with Crippen molar-refractivity contribution in [3.05, 3.63) is 95.2 Å². The monoisotopic (exact) mass is 635 g/mol. The van der Waals surface area contributed by atoms with Crippen molar-refractivity contribution < 1.29 is 13.2 Å². The van der Waals surface area contributed by atoms with Crippen LogP contribution in [0.5, 0.6) is 0 Å². The SMILES string of the molecule is Cc1c(-c2ccncc2)cccc1[C@H](Nc1cc(C#N)c2ncc(C#N)c(NCC(C)(C)C)c2c1)c1cn(C2(C(F)(F)F)CC2)nn1. The van der Waals surface area contributed by atoms with Gasteiger partial charge in [0.1, 0.15) is 17.8 Å². The second-order valence-electron chi connectivity index (χ2n) is 13.1. The van der Waals surface area contributed by atoms with Crippen molar-refractivity contribution in [3.8, 4) is 23.3 Å². The Labute approximate surface area is 270 Å². The maximum atomic E-state index is 14.1. The lowest BCUT2D eigenvalue weighted by molar-refractivity contribution is -0.182. The Kier molecular flexibility index (Phi) is 7.84. The van der Waals surface area contributed by atoms with Gasteiger partial charge in [-0.15, -0.1) is 5.10 Å². The van der Waals surface area contributed by atoms with Crippen LogP contribution in [-0.4, -0.2) is 37.7 Å². The van der Waals surface area contributed by atoms with Crippen molar-refractivity contribution in [1.29, 1.82) is 10.5 Å². The molecule has 2 aromatic carbocycles. The Morgan fingerprint density at radius 2 is 1.74 bits per heavy atom. The first kappa shape index (κ1) is 31.5. The summed E-state index contributed by atoms with van der Waals surface area (Å²) in [4.78, 5) is 8.55. The van der Waals surface area contributed by atoms with E-state index in [1.54, 1.807) is 24.5 Å². The predicted molar refractivity (Wildman–Crippen MR) is 172 cm³/mol. The second-order valence-corrected chi connectivity index (χ2v) is 13.1. The average Bonchev–Trinajstić information content (AvgIpc) is 3.73. The van der Waals surface area contributed by atoms with Gasteiger partial charge in [0.15, 0.2) is 5.54 Å². The van der Waals surface area contributed by atoms with E-state index in [0.29, 0.717) is 34.4 Å². The van der Waals surface area contributed by atoms with Crippen molar-refractivity contribution in [3.63, 3.8) is 0 Å². The fraction of sp³-hybridized carbons (Fsp3) is 0.314. The number of hydrogen-bond acceptors (Lipinski definition) is 8. The molecule has 1 fully saturated rings. The number of hydrogen-bond donors (Lipinski definition) is 2. The standard InChI is InChI=1S/C35H32F3N9/c1-21-26(22-8-12-41-13-9-22)6-5-7-27(21)32(29-19-47(46-45-29)34(10-11-34)35(36,37)38)44-25-14-23(16-39)30-28(15-25)31(24(17-40)18-42-30)43-20-33(2,3)4/h5-9,12-15,18-19,32,44H,10-11,20H2,1-4H3,(H,42,43)/t32-/m0/s1. The molecule has 238 valence electrons. The summed E-state index contributed by atoms with van der Waals surface area (Å²) in [5.74, 6) is 0. The molecule has 1 atom stereocenters. The molecule has 3 heterocycles. The third kappa shape index (κ3) is 5.95. The number of benzene rings is 2. The Hall–Kier alpha value is -5.49. The van der Waals surface area contributed by atoms with Crippen LogP contribution in [0.1, 0.15) is 67.6 Å². The lowest BCUT2D eigenvalue weighted by Crippen LogP contribution is -2.35. The zero-order valence-electron chi connectivity index (χ0n) is 26.3. The van der Waals surface area contributed by atoms with Gasteiger partial charge in [-0.1, -0.05) is 44.2 Å². The molecular formula is C35H32F3N9. The zero-order chi connectivity index (χ0) is 33.6. The summed E-state index contributed by atoms with van der Waals surface area (Å²) < 4.78 is 43.1. The number of aromatic nitrogens is 5. The number of rotatable bonds is 8. The molecular weight excluding hydrogens is 603 g/mol. The van der Waals surface area contributed by atoms with Crippen LogP contribution in [0.25, 0.3) is 22.0 Å². The van der Waals surface area contributed by atoms with Gasteiger partial charge in [-0.2, -0.15) is 23.7 Å². The van der Waals surface area contributed by atoms with Gasteiger partial charge in [-0.3, -0.25) is 9.97 Å². The molecule has 9 nitrogen and oxygen atoms in total. The zero-order valence-corrected chi connectivity index (χ0v) is 26.3. The number of nitrogens with one attached hydrogen (secondary N) is 2. The topological polar surface area (TPSA) is 128 Å². The molecule has 47 heavy (non-hydrogen) atoms. The number of nitrogens with zero attached hydrogens (tertiary/aromatic N) is 7. The van der Waals surface area contributed by atoms with Gasteiger partial charge in [-0.25, -0.2) is 4.68 Å². The molecule has 0 radical (unpaired) electrons. The lowest BCUT2D eigenvalue weighted by Gasteiger charge is -2.24. The summed E-state index contributed by atoms with van der Waals surface area (Å²) in [5.41, 5.74) is 3.65. The quantitative estimate of drug-likeness (QED) is 0.178. The smallest absolute Gasteiger partial charge is 0.383 e. The molecule has 6 rings (SSSR count). The van der Waals surface area contributed by atoms with E-state index in [1.165, 1.54) is 12.4 Å². The van der Waals surface area contributed by atoms with E-state index in [2.05, 4.69) is 63.8 Å². The first-order valence-electron chi connectivity index (χ1n) is 15.1. The molecule has 1 saturated carbocycles. The minimum atomic E-state index is -4.47. The van der Waals surface area contributed by atoms with Crippen molar-refractivity contribution >= 4 is 22.3 Å². The molecule has 12 heteroatoms. The molecule has 3 aromatic heterocycles. The summed E-state index contributed by atoms with van der Waals surface area (Å²) in [5, 5.41) is 35.7. The average molecular weight is 636 g/mol. The number of pyridine rings is 2. The molecule has 1 aliphatic carbocycles. The van der Waals surface area contributed by atoms with Crippen LogP contribution in [-0.2, 0) is 5.54 Å². The van der Waals surface area contributed by atoms with Gasteiger partial charge in [0.25, 0.3) is 0 Å². The third-order valence-corrected chi connectivity index (χ3v) is 8.49. The number of nitriles is 2. The Morgan fingerprint density at radius 3 is 2.38 bits per heavy atom. The van der Waals surface area contributed by atoms with Gasteiger partial charge in [0.05, 0.1) is 34.6 Å². The molecule has 1 aliphatic rings. The predicted octanol–water partition coefficient (Wildman–Crippen LogP) is 7.65. The maximum absolute atomic E-state index is 14.1. The first-order valence-corrected chi connectivity index (χ1v) is 15.1. The van der Waals surface area contributed by atoms with E-state index < -0.39 is 17.8 Å². The van der Waals surface area contributed by atoms with E-state index in [4.69, 9.17) is 0 Å². The van der Waals surface area contributed by atoms with E-state index in [0.717, 1.165) is 26.9 Å². The number of alkyl halides is 3. The number of anilines is 2. The number of halogens is 3. The molecule has 0 unspecified atom stereocenters. The van der Waals surface area contributed by atoms with E-state index in [-0.39, 0.29) is 29.5 Å². The fourth-order valence-corrected chi connectivity index (χ4v) is 5.77. The van der Waals surface area contributed by atoms with Crippen LogP contribution < -0.4 is 10.6 Å². The fourth-order valence-electron chi connectivity index (χ4n) is 5.77. The Morgan fingerprint density at radius 1 is 1.02 bits per heavy atom. The summed E-state index contributed by atoms with van der Waals surface area (Å²) in [7, 11) is 0. The van der Waals surface area contributed by atoms with Crippen LogP contribution in [0, 0.1) is 35.0 Å². The minimum Gasteiger partial charge on any atom is -0.383 e. The lowest BCUT2D eigenvalue weighted by atomic mass is 9.92. The summed E-state index contributed by atoms with van der Waals surface area (Å²) >= 11 is 0. The maximum Gasteiger partial charge on any atom is 0.413 e. The largest absolute Gasteiger partial charge is 0.413 e. The Bertz CT molecular complexity index is 2040. The van der Waals surface area contributed by atoms with Crippen LogP contribution in [0.4, 0.5) is 24.5 Å². The van der Waals surface area contributed by atoms with Crippen LogP contribution in [0.3, 0.4) is 0 Å². The van der Waals surface area contributed by atoms with Crippen molar-refractivity contribution in [1.82, 2.24) is 25.0 Å². The summed E-state index contributed by atoms with van der Waals surface area (Å²) in [6.07, 6.45) is 1.59. The summed E-state index contributed by atoms with van der Waals surface area (Å²) in [6.45, 7) is 8.69. The van der Waals surface area contributed by atoms with E-state index in [9.17, 15) is 23.7 Å². The van der Waals surface area contributed by atoms with Crippen molar-refractivity contribution in [2.45, 2.75) is 58.3 Å². The molecule has 0 saturated heterocycles. The molecule has 0 bridgehead atoms. The molecule has 5 aromatic rings.